The van der Waals surface area contributed by atoms with Gasteiger partial charge in [0.2, 0.25) is 0 Å². The Labute approximate surface area is 95.4 Å². The molecule has 0 saturated carbocycles. The summed E-state index contributed by atoms with van der Waals surface area (Å²) in [5.41, 5.74) is 0. The number of hydrogen-bond acceptors (Lipinski definition) is 2. The molecule has 1 N–H and O–H groups in total. The highest BCUT2D eigenvalue weighted by Gasteiger charge is 2.27. The molecule has 1 fully saturated rings. The van der Waals surface area contributed by atoms with Gasteiger partial charge in [0.05, 0.1) is 0 Å². The van der Waals surface area contributed by atoms with Crippen LogP contribution in [0.15, 0.2) is 0 Å². The van der Waals surface area contributed by atoms with Crippen LogP contribution in [0.5, 0.6) is 0 Å². The third kappa shape index (κ3) is 3.46. The topological polar surface area (TPSA) is 15.3 Å². The second kappa shape index (κ2) is 5.86. The molecule has 90 valence electrons. The average Bonchev–Trinajstić information content (AvgIpc) is 2.17. The molecule has 2 nitrogen and oxygen atoms in total. The maximum atomic E-state index is 3.45. The average molecular weight is 212 g/mol. The number of piperidine rings is 1. The Bertz CT molecular complexity index is 169. The van der Waals surface area contributed by atoms with Crippen LogP contribution in [0, 0.1) is 5.92 Å². The van der Waals surface area contributed by atoms with Crippen molar-refractivity contribution in [1.82, 2.24) is 10.2 Å². The number of likely N-dealkylation sites (tertiary alicyclic amines) is 1. The predicted octanol–water partition coefficient (Wildman–Crippen LogP) is 2.49. The lowest BCUT2D eigenvalue weighted by Gasteiger charge is -2.41. The molecule has 0 amide bonds. The lowest BCUT2D eigenvalue weighted by molar-refractivity contribution is 0.0849. The third-order valence-corrected chi connectivity index (χ3v) is 3.96. The minimum atomic E-state index is 0.632. The number of likely N-dealkylation sites (N-methyl/N-ethyl adjacent to an activating group) is 1. The molecule has 1 rings (SSSR count). The molecule has 3 unspecified atom stereocenters. The minimum Gasteiger partial charge on any atom is -0.315 e. The van der Waals surface area contributed by atoms with E-state index in [1.807, 2.05) is 0 Å². The maximum absolute atomic E-state index is 3.45. The molecular formula is C13H28N2. The predicted molar refractivity (Wildman–Crippen MR) is 67.2 cm³/mol. The van der Waals surface area contributed by atoms with Crippen molar-refractivity contribution in [3.8, 4) is 0 Å². The van der Waals surface area contributed by atoms with Crippen molar-refractivity contribution in [1.29, 1.82) is 0 Å². The van der Waals surface area contributed by atoms with E-state index in [0.29, 0.717) is 6.04 Å². The summed E-state index contributed by atoms with van der Waals surface area (Å²) in [5, 5.41) is 3.45. The fourth-order valence-corrected chi connectivity index (χ4v) is 2.70. The van der Waals surface area contributed by atoms with Gasteiger partial charge in [-0.05, 0) is 39.7 Å². The summed E-state index contributed by atoms with van der Waals surface area (Å²) in [4.78, 5) is 2.69. The highest BCUT2D eigenvalue weighted by molar-refractivity contribution is 4.84. The number of nitrogens with zero attached hydrogens (tertiary/aromatic N) is 1. The molecule has 1 saturated heterocycles. The van der Waals surface area contributed by atoms with Crippen LogP contribution >= 0.6 is 0 Å². The van der Waals surface area contributed by atoms with E-state index >= 15 is 0 Å². The van der Waals surface area contributed by atoms with Crippen LogP contribution in [0.3, 0.4) is 0 Å². The van der Waals surface area contributed by atoms with Crippen LogP contribution in [0.1, 0.15) is 47.0 Å². The standard InChI is InChI=1S/C13H28N2/c1-10(2)13(14-5)9-15-11(3)7-6-8-12(15)4/h10-14H,6-9H2,1-5H3. The minimum absolute atomic E-state index is 0.632. The van der Waals surface area contributed by atoms with Gasteiger partial charge in [-0.15, -0.1) is 0 Å². The zero-order valence-electron chi connectivity index (χ0n) is 11.1. The summed E-state index contributed by atoms with van der Waals surface area (Å²) in [7, 11) is 2.09. The molecule has 1 aliphatic heterocycles. The highest BCUT2D eigenvalue weighted by atomic mass is 15.2. The Kier molecular flexibility index (Phi) is 5.07. The summed E-state index contributed by atoms with van der Waals surface area (Å²) >= 11 is 0. The van der Waals surface area contributed by atoms with Crippen molar-refractivity contribution in [2.24, 2.45) is 5.92 Å². The monoisotopic (exact) mass is 212 g/mol. The van der Waals surface area contributed by atoms with Gasteiger partial charge in [-0.1, -0.05) is 20.3 Å². The summed E-state index contributed by atoms with van der Waals surface area (Å²) in [5.74, 6) is 0.719. The molecule has 1 aliphatic rings. The molecule has 0 bridgehead atoms. The SMILES string of the molecule is CNC(CN1C(C)CCCC1C)C(C)C. The first-order valence-corrected chi connectivity index (χ1v) is 6.49. The molecule has 0 aromatic rings. The van der Waals surface area contributed by atoms with Crippen molar-refractivity contribution in [2.45, 2.75) is 65.1 Å². The van der Waals surface area contributed by atoms with Crippen molar-refractivity contribution >= 4 is 0 Å². The normalized spacial score (nSPS) is 30.8. The number of rotatable bonds is 4. The lowest BCUT2D eigenvalue weighted by atomic mass is 9.95. The number of nitrogens with one attached hydrogen (secondary N) is 1. The summed E-state index contributed by atoms with van der Waals surface area (Å²) < 4.78 is 0. The molecule has 0 radical (unpaired) electrons. The molecule has 3 atom stereocenters. The van der Waals surface area contributed by atoms with E-state index in [1.165, 1.54) is 25.8 Å². The van der Waals surface area contributed by atoms with Gasteiger partial charge in [0, 0.05) is 24.7 Å². The van der Waals surface area contributed by atoms with E-state index in [1.54, 1.807) is 0 Å². The summed E-state index contributed by atoms with van der Waals surface area (Å²) in [6.45, 7) is 10.6. The van der Waals surface area contributed by atoms with Gasteiger partial charge in [-0.25, -0.2) is 0 Å². The highest BCUT2D eigenvalue weighted by Crippen LogP contribution is 2.23. The van der Waals surface area contributed by atoms with Crippen molar-refractivity contribution in [3.05, 3.63) is 0 Å². The van der Waals surface area contributed by atoms with Gasteiger partial charge in [0.1, 0.15) is 0 Å². The Morgan fingerprint density at radius 2 is 1.73 bits per heavy atom. The fourth-order valence-electron chi connectivity index (χ4n) is 2.70. The van der Waals surface area contributed by atoms with E-state index < -0.39 is 0 Å². The molecule has 0 aromatic heterocycles. The Hall–Kier alpha value is -0.0800. The van der Waals surface area contributed by atoms with E-state index in [4.69, 9.17) is 0 Å². The maximum Gasteiger partial charge on any atom is 0.0215 e. The van der Waals surface area contributed by atoms with Crippen molar-refractivity contribution in [3.63, 3.8) is 0 Å². The summed E-state index contributed by atoms with van der Waals surface area (Å²) in [6, 6.07) is 2.17. The van der Waals surface area contributed by atoms with Crippen LogP contribution in [-0.4, -0.2) is 36.6 Å². The van der Waals surface area contributed by atoms with Gasteiger partial charge in [-0.3, -0.25) is 4.90 Å². The molecule has 2 heteroatoms. The van der Waals surface area contributed by atoms with Gasteiger partial charge >= 0.3 is 0 Å². The van der Waals surface area contributed by atoms with E-state index in [-0.39, 0.29) is 0 Å². The molecule has 0 spiro atoms. The van der Waals surface area contributed by atoms with Crippen LogP contribution < -0.4 is 5.32 Å². The molecule has 1 heterocycles. The van der Waals surface area contributed by atoms with Crippen LogP contribution in [0.4, 0.5) is 0 Å². The third-order valence-electron chi connectivity index (χ3n) is 3.96. The van der Waals surface area contributed by atoms with Gasteiger partial charge in [0.25, 0.3) is 0 Å². The first kappa shape index (κ1) is 13.0. The van der Waals surface area contributed by atoms with Crippen molar-refractivity contribution in [2.75, 3.05) is 13.6 Å². The molecular weight excluding hydrogens is 184 g/mol. The van der Waals surface area contributed by atoms with E-state index in [9.17, 15) is 0 Å². The molecule has 0 aliphatic carbocycles. The van der Waals surface area contributed by atoms with Gasteiger partial charge < -0.3 is 5.32 Å². The zero-order valence-corrected chi connectivity index (χ0v) is 11.1. The van der Waals surface area contributed by atoms with Gasteiger partial charge in [0.15, 0.2) is 0 Å². The van der Waals surface area contributed by atoms with Crippen LogP contribution in [-0.2, 0) is 0 Å². The number of hydrogen-bond donors (Lipinski definition) is 1. The Morgan fingerprint density at radius 3 is 2.13 bits per heavy atom. The van der Waals surface area contributed by atoms with Crippen LogP contribution in [0.25, 0.3) is 0 Å². The quantitative estimate of drug-likeness (QED) is 0.770. The second-order valence-corrected chi connectivity index (χ2v) is 5.46. The Morgan fingerprint density at radius 1 is 1.20 bits per heavy atom. The Balaban J connectivity index is 2.53. The smallest absolute Gasteiger partial charge is 0.0215 e. The first-order valence-electron chi connectivity index (χ1n) is 6.49. The van der Waals surface area contributed by atoms with Crippen LogP contribution in [0.2, 0.25) is 0 Å². The zero-order chi connectivity index (χ0) is 11.4. The first-order chi connectivity index (χ1) is 7.06. The fraction of sp³-hybridized carbons (Fsp3) is 1.00. The molecule has 0 aromatic carbocycles. The lowest BCUT2D eigenvalue weighted by Crippen LogP contribution is -2.51. The van der Waals surface area contributed by atoms with Crippen molar-refractivity contribution < 1.29 is 0 Å². The van der Waals surface area contributed by atoms with E-state index in [2.05, 4.69) is 45.0 Å². The van der Waals surface area contributed by atoms with E-state index in [0.717, 1.165) is 18.0 Å². The largest absolute Gasteiger partial charge is 0.315 e. The second-order valence-electron chi connectivity index (χ2n) is 5.46. The summed E-state index contributed by atoms with van der Waals surface area (Å²) in [6.07, 6.45) is 4.16. The molecule has 15 heavy (non-hydrogen) atoms. The van der Waals surface area contributed by atoms with Gasteiger partial charge in [-0.2, -0.15) is 0 Å².